The number of nitrogens with one attached hydrogen (secondary N) is 2. The van der Waals surface area contributed by atoms with E-state index < -0.39 is 24.5 Å². The second-order valence-electron chi connectivity index (χ2n) is 5.03. The maximum absolute atomic E-state index is 11.9. The maximum Gasteiger partial charge on any atom is 0.374 e. The first kappa shape index (κ1) is 16.3. The Hall–Kier alpha value is -3.55. The molecule has 25 heavy (non-hydrogen) atoms. The molecule has 0 atom stereocenters. The minimum Gasteiger partial charge on any atom is -0.467 e. The zero-order valence-electron chi connectivity index (χ0n) is 13.0. The number of amides is 3. The van der Waals surface area contributed by atoms with Gasteiger partial charge in [0, 0.05) is 5.39 Å². The van der Waals surface area contributed by atoms with E-state index in [1.54, 1.807) is 30.3 Å². The molecule has 0 aliphatic carbocycles. The van der Waals surface area contributed by atoms with E-state index in [1.165, 1.54) is 12.3 Å². The van der Waals surface area contributed by atoms with Crippen LogP contribution in [0.2, 0.25) is 0 Å². The smallest absolute Gasteiger partial charge is 0.374 e. The molecule has 0 aliphatic rings. The van der Waals surface area contributed by atoms with Crippen LogP contribution in [0.4, 0.5) is 4.79 Å². The molecule has 2 heterocycles. The number of furan rings is 2. The highest BCUT2D eigenvalue weighted by Crippen LogP contribution is 2.19. The molecule has 8 heteroatoms. The van der Waals surface area contributed by atoms with Crippen molar-refractivity contribution in [3.8, 4) is 0 Å². The summed E-state index contributed by atoms with van der Waals surface area (Å²) in [5, 5.41) is 5.21. The molecule has 3 aromatic rings. The van der Waals surface area contributed by atoms with Crippen LogP contribution in [0.3, 0.4) is 0 Å². The molecular weight excluding hydrogens is 328 g/mol. The van der Waals surface area contributed by atoms with Crippen LogP contribution in [-0.4, -0.2) is 24.5 Å². The molecule has 0 saturated heterocycles. The number of fused-ring (bicyclic) bond motifs is 1. The van der Waals surface area contributed by atoms with Crippen LogP contribution in [0, 0.1) is 0 Å². The second-order valence-corrected chi connectivity index (χ2v) is 5.03. The summed E-state index contributed by atoms with van der Waals surface area (Å²) >= 11 is 0. The molecule has 0 spiro atoms. The minimum atomic E-state index is -0.789. The topological polar surface area (TPSA) is 111 Å². The van der Waals surface area contributed by atoms with Gasteiger partial charge < -0.3 is 18.9 Å². The third-order valence-electron chi connectivity index (χ3n) is 3.22. The van der Waals surface area contributed by atoms with Crippen molar-refractivity contribution in [2.75, 3.05) is 6.61 Å². The van der Waals surface area contributed by atoms with E-state index in [4.69, 9.17) is 13.6 Å². The summed E-state index contributed by atoms with van der Waals surface area (Å²) in [7, 11) is 0. The maximum atomic E-state index is 11.9. The molecule has 0 saturated carbocycles. The minimum absolute atomic E-state index is 0.0173. The predicted molar refractivity (Wildman–Crippen MR) is 85.6 cm³/mol. The molecule has 0 aliphatic heterocycles. The lowest BCUT2D eigenvalue weighted by atomic mass is 10.2. The number of para-hydroxylation sites is 1. The highest BCUT2D eigenvalue weighted by molar-refractivity contribution is 5.97. The SMILES string of the molecule is O=C(COC(=O)c1cc2ccccc2o1)NC(=O)NCc1ccco1. The number of carbonyl (C=O) groups excluding carboxylic acids is 3. The highest BCUT2D eigenvalue weighted by atomic mass is 16.5. The van der Waals surface area contributed by atoms with Gasteiger partial charge in [0.1, 0.15) is 11.3 Å². The quantitative estimate of drug-likeness (QED) is 0.688. The van der Waals surface area contributed by atoms with E-state index in [9.17, 15) is 14.4 Å². The van der Waals surface area contributed by atoms with Crippen LogP contribution in [-0.2, 0) is 16.1 Å². The summed E-state index contributed by atoms with van der Waals surface area (Å²) in [6.07, 6.45) is 1.47. The molecule has 2 aromatic heterocycles. The third-order valence-corrected chi connectivity index (χ3v) is 3.22. The van der Waals surface area contributed by atoms with Crippen molar-refractivity contribution in [2.24, 2.45) is 0 Å². The lowest BCUT2D eigenvalue weighted by Crippen LogP contribution is -2.41. The average molecular weight is 342 g/mol. The molecule has 128 valence electrons. The van der Waals surface area contributed by atoms with Crippen molar-refractivity contribution in [3.05, 3.63) is 60.2 Å². The number of esters is 1. The van der Waals surface area contributed by atoms with E-state index in [1.807, 2.05) is 11.4 Å². The largest absolute Gasteiger partial charge is 0.467 e. The first-order chi connectivity index (χ1) is 12.1. The fourth-order valence-corrected chi connectivity index (χ4v) is 2.07. The van der Waals surface area contributed by atoms with Crippen molar-refractivity contribution in [1.82, 2.24) is 10.6 Å². The van der Waals surface area contributed by atoms with Gasteiger partial charge in [-0.3, -0.25) is 10.1 Å². The van der Waals surface area contributed by atoms with Gasteiger partial charge in [-0.15, -0.1) is 0 Å². The second kappa shape index (κ2) is 7.35. The summed E-state index contributed by atoms with van der Waals surface area (Å²) in [6, 6.07) is 11.2. The Labute approximate surface area is 141 Å². The Kier molecular flexibility index (Phi) is 4.79. The van der Waals surface area contributed by atoms with Gasteiger partial charge in [0.2, 0.25) is 5.76 Å². The van der Waals surface area contributed by atoms with Crippen molar-refractivity contribution >= 4 is 28.9 Å². The van der Waals surface area contributed by atoms with Gasteiger partial charge in [0.15, 0.2) is 6.61 Å². The lowest BCUT2D eigenvalue weighted by molar-refractivity contribution is -0.123. The number of hydrogen-bond donors (Lipinski definition) is 2. The molecule has 0 fully saturated rings. The predicted octanol–water partition coefficient (Wildman–Crippen LogP) is 2.21. The molecule has 0 unspecified atom stereocenters. The van der Waals surface area contributed by atoms with Gasteiger partial charge in [-0.25, -0.2) is 9.59 Å². The van der Waals surface area contributed by atoms with Gasteiger partial charge in [-0.05, 0) is 24.3 Å². The first-order valence-corrected chi connectivity index (χ1v) is 7.37. The van der Waals surface area contributed by atoms with Crippen molar-refractivity contribution in [1.29, 1.82) is 0 Å². The highest BCUT2D eigenvalue weighted by Gasteiger charge is 2.16. The first-order valence-electron chi connectivity index (χ1n) is 7.37. The van der Waals surface area contributed by atoms with Crippen LogP contribution in [0.5, 0.6) is 0 Å². The van der Waals surface area contributed by atoms with Crippen LogP contribution in [0.1, 0.15) is 16.3 Å². The van der Waals surface area contributed by atoms with Crippen LogP contribution in [0.15, 0.2) is 57.6 Å². The molecule has 0 bridgehead atoms. The van der Waals surface area contributed by atoms with Gasteiger partial charge >= 0.3 is 12.0 Å². The number of hydrogen-bond acceptors (Lipinski definition) is 6. The summed E-state index contributed by atoms with van der Waals surface area (Å²) in [5.74, 6) is -1.03. The molecular formula is C17H14N2O6. The van der Waals surface area contributed by atoms with Gasteiger partial charge in [-0.1, -0.05) is 18.2 Å². The molecule has 1 aromatic carbocycles. The zero-order valence-corrected chi connectivity index (χ0v) is 13.0. The number of carbonyl (C=O) groups is 3. The summed E-state index contributed by atoms with van der Waals surface area (Å²) in [4.78, 5) is 35.0. The van der Waals surface area contributed by atoms with Crippen molar-refractivity contribution in [3.63, 3.8) is 0 Å². The van der Waals surface area contributed by atoms with Gasteiger partial charge in [0.05, 0.1) is 12.8 Å². The van der Waals surface area contributed by atoms with Gasteiger partial charge in [-0.2, -0.15) is 0 Å². The fraction of sp³-hybridized carbons (Fsp3) is 0.118. The summed E-state index contributed by atoms with van der Waals surface area (Å²) in [5.41, 5.74) is 0.538. The van der Waals surface area contributed by atoms with E-state index in [-0.39, 0.29) is 12.3 Å². The Morgan fingerprint density at radius 2 is 1.92 bits per heavy atom. The van der Waals surface area contributed by atoms with E-state index in [2.05, 4.69) is 5.32 Å². The Morgan fingerprint density at radius 3 is 2.68 bits per heavy atom. The Balaban J connectivity index is 1.44. The molecule has 3 rings (SSSR count). The van der Waals surface area contributed by atoms with E-state index in [0.29, 0.717) is 11.3 Å². The standard InChI is InChI=1S/C17H14N2O6/c20-15(19-17(22)18-9-12-5-3-7-23-12)10-24-16(21)14-8-11-4-1-2-6-13(11)25-14/h1-8H,9-10H2,(H2,18,19,20,22). The lowest BCUT2D eigenvalue weighted by Gasteiger charge is -2.05. The molecule has 2 N–H and O–H groups in total. The Bertz CT molecular complexity index is 864. The van der Waals surface area contributed by atoms with E-state index >= 15 is 0 Å². The van der Waals surface area contributed by atoms with Crippen LogP contribution >= 0.6 is 0 Å². The normalized spacial score (nSPS) is 10.4. The average Bonchev–Trinajstić information content (AvgIpc) is 3.26. The summed E-state index contributed by atoms with van der Waals surface area (Å²) in [6.45, 7) is -0.477. The number of ether oxygens (including phenoxy) is 1. The summed E-state index contributed by atoms with van der Waals surface area (Å²) < 4.78 is 15.2. The number of urea groups is 1. The monoisotopic (exact) mass is 342 g/mol. The zero-order chi connectivity index (χ0) is 17.6. The van der Waals surface area contributed by atoms with Crippen molar-refractivity contribution in [2.45, 2.75) is 6.54 Å². The number of imide groups is 1. The number of rotatable bonds is 5. The van der Waals surface area contributed by atoms with Crippen LogP contribution in [0.25, 0.3) is 11.0 Å². The third kappa shape index (κ3) is 4.25. The fourth-order valence-electron chi connectivity index (χ4n) is 2.07. The molecule has 0 radical (unpaired) electrons. The van der Waals surface area contributed by atoms with Gasteiger partial charge in [0.25, 0.3) is 5.91 Å². The van der Waals surface area contributed by atoms with Crippen molar-refractivity contribution < 1.29 is 28.0 Å². The number of benzene rings is 1. The molecule has 8 nitrogen and oxygen atoms in total. The Morgan fingerprint density at radius 1 is 1.08 bits per heavy atom. The molecule has 3 amide bonds. The van der Waals surface area contributed by atoms with E-state index in [0.717, 1.165) is 5.39 Å². The van der Waals surface area contributed by atoms with Crippen LogP contribution < -0.4 is 10.6 Å².